The lowest BCUT2D eigenvalue weighted by Crippen LogP contribution is -2.25. The third-order valence-electron chi connectivity index (χ3n) is 3.59. The van der Waals surface area contributed by atoms with Crippen LogP contribution in [0.1, 0.15) is 54.1 Å². The summed E-state index contributed by atoms with van der Waals surface area (Å²) in [5.74, 6) is -0.0983. The van der Waals surface area contributed by atoms with E-state index in [0.717, 1.165) is 4.88 Å². The third-order valence-corrected chi connectivity index (χ3v) is 4.56. The summed E-state index contributed by atoms with van der Waals surface area (Å²) in [7, 11) is 0. The minimum absolute atomic E-state index is 0.0832. The molecule has 4 heteroatoms. The number of hydrogen-bond donors (Lipinski definition) is 2. The molecule has 0 bridgehead atoms. The molecule has 0 radical (unpaired) electrons. The number of benzene rings is 1. The van der Waals surface area contributed by atoms with Gasteiger partial charge in [-0.05, 0) is 41.0 Å². The zero-order valence-corrected chi connectivity index (χ0v) is 14.1. The summed E-state index contributed by atoms with van der Waals surface area (Å²) in [5, 5.41) is 14.8. The van der Waals surface area contributed by atoms with Crippen molar-refractivity contribution in [2.24, 2.45) is 0 Å². The molecule has 2 aromatic rings. The molecule has 2 N–H and O–H groups in total. The van der Waals surface area contributed by atoms with Crippen LogP contribution in [0.5, 0.6) is 0 Å². The van der Waals surface area contributed by atoms with Crippen LogP contribution in [-0.2, 0) is 5.41 Å². The number of thiophene rings is 1. The van der Waals surface area contributed by atoms with Crippen LogP contribution in [0.3, 0.4) is 0 Å². The standard InChI is InChI=1S/C18H23NO2S/c1-18(2,3)14-8-6-13(7-9-14)17(21)19-11-10-15(20)16-5-4-12-22-16/h4-9,12,15,20H,10-11H2,1-3H3,(H,19,21)/t15-/m0/s1. The van der Waals surface area contributed by atoms with Gasteiger partial charge in [0.2, 0.25) is 0 Å². The second-order valence-corrected chi connectivity index (χ2v) is 7.38. The van der Waals surface area contributed by atoms with Crippen molar-refractivity contribution < 1.29 is 9.90 Å². The van der Waals surface area contributed by atoms with Gasteiger partial charge in [0.05, 0.1) is 6.10 Å². The van der Waals surface area contributed by atoms with Gasteiger partial charge in [0.1, 0.15) is 0 Å². The van der Waals surface area contributed by atoms with E-state index in [1.54, 1.807) is 0 Å². The topological polar surface area (TPSA) is 49.3 Å². The molecule has 1 aromatic carbocycles. The van der Waals surface area contributed by atoms with Gasteiger partial charge < -0.3 is 10.4 Å². The first-order valence-corrected chi connectivity index (χ1v) is 8.36. The summed E-state index contributed by atoms with van der Waals surface area (Å²) < 4.78 is 0. The van der Waals surface area contributed by atoms with Crippen LogP contribution < -0.4 is 5.32 Å². The molecule has 1 atom stereocenters. The number of hydrogen-bond acceptors (Lipinski definition) is 3. The third kappa shape index (κ3) is 4.42. The molecule has 118 valence electrons. The SMILES string of the molecule is CC(C)(C)c1ccc(C(=O)NCC[C@H](O)c2cccs2)cc1. The molecular formula is C18H23NO2S. The van der Waals surface area contributed by atoms with Gasteiger partial charge in [0, 0.05) is 17.0 Å². The summed E-state index contributed by atoms with van der Waals surface area (Å²) in [4.78, 5) is 13.0. The Morgan fingerprint density at radius 3 is 2.45 bits per heavy atom. The van der Waals surface area contributed by atoms with Crippen molar-refractivity contribution in [3.05, 3.63) is 57.8 Å². The Morgan fingerprint density at radius 1 is 1.23 bits per heavy atom. The highest BCUT2D eigenvalue weighted by molar-refractivity contribution is 7.10. The maximum Gasteiger partial charge on any atom is 0.251 e. The van der Waals surface area contributed by atoms with Gasteiger partial charge in [-0.1, -0.05) is 39.0 Å². The lowest BCUT2D eigenvalue weighted by molar-refractivity contribution is 0.0943. The summed E-state index contributed by atoms with van der Waals surface area (Å²) in [6, 6.07) is 11.5. The normalized spacial score (nSPS) is 12.9. The molecule has 2 rings (SSSR count). The monoisotopic (exact) mass is 317 g/mol. The fourth-order valence-corrected chi connectivity index (χ4v) is 2.92. The molecular weight excluding hydrogens is 294 g/mol. The second-order valence-electron chi connectivity index (χ2n) is 6.40. The molecule has 0 unspecified atom stereocenters. The van der Waals surface area contributed by atoms with Crippen molar-refractivity contribution in [1.29, 1.82) is 0 Å². The summed E-state index contributed by atoms with van der Waals surface area (Å²) in [6.45, 7) is 6.90. The lowest BCUT2D eigenvalue weighted by atomic mass is 9.87. The summed E-state index contributed by atoms with van der Waals surface area (Å²) in [6.07, 6.45) is 0.00958. The molecule has 3 nitrogen and oxygen atoms in total. The molecule has 0 spiro atoms. The fraction of sp³-hybridized carbons (Fsp3) is 0.389. The number of amides is 1. The highest BCUT2D eigenvalue weighted by Gasteiger charge is 2.14. The number of carbonyl (C=O) groups is 1. The molecule has 0 aliphatic heterocycles. The van der Waals surface area contributed by atoms with E-state index >= 15 is 0 Å². The largest absolute Gasteiger partial charge is 0.388 e. The summed E-state index contributed by atoms with van der Waals surface area (Å²) in [5.41, 5.74) is 1.94. The molecule has 22 heavy (non-hydrogen) atoms. The van der Waals surface area contributed by atoms with Crippen molar-refractivity contribution in [2.75, 3.05) is 6.54 Å². The van der Waals surface area contributed by atoms with E-state index in [4.69, 9.17) is 0 Å². The molecule has 0 aliphatic carbocycles. The highest BCUT2D eigenvalue weighted by atomic mass is 32.1. The van der Waals surface area contributed by atoms with Gasteiger partial charge in [-0.15, -0.1) is 11.3 Å². The first-order chi connectivity index (χ1) is 10.4. The smallest absolute Gasteiger partial charge is 0.251 e. The first-order valence-electron chi connectivity index (χ1n) is 7.48. The van der Waals surface area contributed by atoms with Crippen LogP contribution in [0.15, 0.2) is 41.8 Å². The second kappa shape index (κ2) is 7.07. The van der Waals surface area contributed by atoms with E-state index in [2.05, 4.69) is 26.1 Å². The molecule has 0 saturated heterocycles. The van der Waals surface area contributed by atoms with E-state index in [1.807, 2.05) is 41.8 Å². The van der Waals surface area contributed by atoms with E-state index in [0.29, 0.717) is 18.5 Å². The Balaban J connectivity index is 1.85. The van der Waals surface area contributed by atoms with Gasteiger partial charge in [-0.25, -0.2) is 0 Å². The van der Waals surface area contributed by atoms with Gasteiger partial charge >= 0.3 is 0 Å². The van der Waals surface area contributed by atoms with E-state index in [1.165, 1.54) is 16.9 Å². The average molecular weight is 317 g/mol. The maximum atomic E-state index is 12.1. The minimum atomic E-state index is -0.511. The number of aliphatic hydroxyl groups excluding tert-OH is 1. The lowest BCUT2D eigenvalue weighted by Gasteiger charge is -2.19. The van der Waals surface area contributed by atoms with Crippen LogP contribution >= 0.6 is 11.3 Å². The number of rotatable bonds is 5. The molecule has 0 aliphatic rings. The Morgan fingerprint density at radius 2 is 1.91 bits per heavy atom. The molecule has 1 aromatic heterocycles. The molecule has 0 fully saturated rings. The number of nitrogens with one attached hydrogen (secondary N) is 1. The Bertz CT molecular complexity index is 597. The first kappa shape index (κ1) is 16.7. The highest BCUT2D eigenvalue weighted by Crippen LogP contribution is 2.22. The maximum absolute atomic E-state index is 12.1. The van der Waals surface area contributed by atoms with Crippen LogP contribution in [0, 0.1) is 0 Å². The van der Waals surface area contributed by atoms with E-state index < -0.39 is 6.10 Å². The fourth-order valence-electron chi connectivity index (χ4n) is 2.17. The number of aliphatic hydroxyl groups is 1. The molecule has 1 heterocycles. The Hall–Kier alpha value is -1.65. The van der Waals surface area contributed by atoms with Crippen LogP contribution in [-0.4, -0.2) is 17.6 Å². The van der Waals surface area contributed by atoms with Gasteiger partial charge in [-0.2, -0.15) is 0 Å². The minimum Gasteiger partial charge on any atom is -0.388 e. The Labute approximate surface area is 136 Å². The Kier molecular flexibility index (Phi) is 5.37. The van der Waals surface area contributed by atoms with E-state index in [-0.39, 0.29) is 11.3 Å². The van der Waals surface area contributed by atoms with E-state index in [9.17, 15) is 9.90 Å². The van der Waals surface area contributed by atoms with Crippen molar-refractivity contribution in [2.45, 2.75) is 38.7 Å². The summed E-state index contributed by atoms with van der Waals surface area (Å²) >= 11 is 1.53. The van der Waals surface area contributed by atoms with Crippen molar-refractivity contribution in [1.82, 2.24) is 5.32 Å². The van der Waals surface area contributed by atoms with Crippen LogP contribution in [0.25, 0.3) is 0 Å². The number of carbonyl (C=O) groups excluding carboxylic acids is 1. The quantitative estimate of drug-likeness (QED) is 0.878. The van der Waals surface area contributed by atoms with Gasteiger partial charge in [0.25, 0.3) is 5.91 Å². The van der Waals surface area contributed by atoms with Crippen molar-refractivity contribution >= 4 is 17.2 Å². The molecule has 0 saturated carbocycles. The average Bonchev–Trinajstić information content (AvgIpc) is 3.00. The van der Waals surface area contributed by atoms with Crippen LogP contribution in [0.2, 0.25) is 0 Å². The van der Waals surface area contributed by atoms with Gasteiger partial charge in [0.15, 0.2) is 0 Å². The molecule has 1 amide bonds. The predicted octanol–water partition coefficient (Wildman–Crippen LogP) is 3.90. The van der Waals surface area contributed by atoms with Crippen molar-refractivity contribution in [3.8, 4) is 0 Å². The van der Waals surface area contributed by atoms with Crippen LogP contribution in [0.4, 0.5) is 0 Å². The predicted molar refractivity (Wildman–Crippen MR) is 91.4 cm³/mol. The van der Waals surface area contributed by atoms with Gasteiger partial charge in [-0.3, -0.25) is 4.79 Å². The van der Waals surface area contributed by atoms with Crippen molar-refractivity contribution in [3.63, 3.8) is 0 Å². The zero-order valence-electron chi connectivity index (χ0n) is 13.3. The zero-order chi connectivity index (χ0) is 16.2.